The Hall–Kier alpha value is -3.57. The Balaban J connectivity index is 1.56. The minimum atomic E-state index is 0.0123. The molecule has 5 heteroatoms. The van der Waals surface area contributed by atoms with E-state index in [1.54, 1.807) is 4.90 Å². The Morgan fingerprint density at radius 1 is 0.914 bits per heavy atom. The van der Waals surface area contributed by atoms with Crippen molar-refractivity contribution in [3.63, 3.8) is 0 Å². The van der Waals surface area contributed by atoms with Crippen LogP contribution in [0.1, 0.15) is 34.9 Å². The van der Waals surface area contributed by atoms with E-state index < -0.39 is 0 Å². The van der Waals surface area contributed by atoms with Crippen LogP contribution >= 0.6 is 11.8 Å². The van der Waals surface area contributed by atoms with Crippen molar-refractivity contribution in [2.24, 2.45) is 4.99 Å². The molecule has 0 spiro atoms. The molecule has 0 radical (unpaired) electrons. The molecule has 0 bridgehead atoms. The fraction of sp³-hybridized carbons (Fsp3) is 0.200. The number of rotatable bonds is 5. The smallest absolute Gasteiger partial charge is 0.266 e. The van der Waals surface area contributed by atoms with Crippen molar-refractivity contribution >= 4 is 45.5 Å². The van der Waals surface area contributed by atoms with E-state index in [2.05, 4.69) is 79.9 Å². The summed E-state index contributed by atoms with van der Waals surface area (Å²) in [6.45, 7) is 9.69. The minimum absolute atomic E-state index is 0.0123. The number of aryl methyl sites for hydroxylation is 2. The predicted molar refractivity (Wildman–Crippen MR) is 148 cm³/mol. The normalized spacial score (nSPS) is 16.2. The number of amidine groups is 1. The number of fused-ring (bicyclic) bond motifs is 1. The summed E-state index contributed by atoms with van der Waals surface area (Å²) in [7, 11) is 0. The molecule has 0 aliphatic carbocycles. The minimum Gasteiger partial charge on any atom is -0.340 e. The summed E-state index contributed by atoms with van der Waals surface area (Å²) in [4.78, 5) is 20.6. The third kappa shape index (κ3) is 4.56. The summed E-state index contributed by atoms with van der Waals surface area (Å²) >= 11 is 1.46. The van der Waals surface area contributed by atoms with Crippen LogP contribution in [0, 0.1) is 20.8 Å². The maximum Gasteiger partial charge on any atom is 0.266 e. The number of benzene rings is 3. The molecule has 1 aromatic heterocycles. The van der Waals surface area contributed by atoms with Crippen LogP contribution in [0.25, 0.3) is 17.0 Å². The molecule has 0 N–H and O–H groups in total. The Bertz CT molecular complexity index is 1480. The zero-order valence-corrected chi connectivity index (χ0v) is 21.4. The number of para-hydroxylation sites is 1. The average molecular weight is 480 g/mol. The third-order valence-electron chi connectivity index (χ3n) is 6.44. The first kappa shape index (κ1) is 23.2. The van der Waals surface area contributed by atoms with E-state index in [1.807, 2.05) is 31.2 Å². The maximum atomic E-state index is 13.3. The van der Waals surface area contributed by atoms with Crippen LogP contribution in [0.2, 0.25) is 0 Å². The lowest BCUT2D eigenvalue weighted by Gasteiger charge is -2.12. The molecular formula is C30H29N3OS. The Morgan fingerprint density at radius 3 is 2.43 bits per heavy atom. The molecule has 1 fully saturated rings. The van der Waals surface area contributed by atoms with Crippen molar-refractivity contribution in [3.05, 3.63) is 106 Å². The summed E-state index contributed by atoms with van der Waals surface area (Å²) in [5, 5.41) is 1.89. The van der Waals surface area contributed by atoms with E-state index in [-0.39, 0.29) is 5.91 Å². The van der Waals surface area contributed by atoms with Crippen molar-refractivity contribution in [2.75, 3.05) is 6.54 Å². The maximum absolute atomic E-state index is 13.3. The van der Waals surface area contributed by atoms with Gasteiger partial charge in [0.1, 0.15) is 0 Å². The molecule has 1 aliphatic heterocycles. The molecule has 4 aromatic rings. The molecule has 0 unspecified atom stereocenters. The van der Waals surface area contributed by atoms with Crippen LogP contribution in [0.5, 0.6) is 0 Å². The fourth-order valence-corrected chi connectivity index (χ4v) is 5.61. The van der Waals surface area contributed by atoms with Gasteiger partial charge < -0.3 is 4.57 Å². The van der Waals surface area contributed by atoms with Gasteiger partial charge in [-0.3, -0.25) is 9.69 Å². The topological polar surface area (TPSA) is 37.6 Å². The number of nitrogens with zero attached hydrogens (tertiary/aromatic N) is 3. The predicted octanol–water partition coefficient (Wildman–Crippen LogP) is 7.24. The van der Waals surface area contributed by atoms with Crippen LogP contribution in [0.4, 0.5) is 5.69 Å². The van der Waals surface area contributed by atoms with E-state index >= 15 is 0 Å². The Kier molecular flexibility index (Phi) is 6.35. The number of likely N-dealkylation sites (N-methyl/N-ethyl adjacent to an activating group) is 1. The van der Waals surface area contributed by atoms with Gasteiger partial charge in [0.2, 0.25) is 0 Å². The van der Waals surface area contributed by atoms with Gasteiger partial charge in [0, 0.05) is 35.2 Å². The number of carbonyl (C=O) groups is 1. The van der Waals surface area contributed by atoms with E-state index in [9.17, 15) is 4.79 Å². The van der Waals surface area contributed by atoms with Crippen molar-refractivity contribution in [1.82, 2.24) is 9.47 Å². The molecule has 1 aliphatic rings. The lowest BCUT2D eigenvalue weighted by Crippen LogP contribution is -2.28. The molecule has 35 heavy (non-hydrogen) atoms. The van der Waals surface area contributed by atoms with Crippen LogP contribution in [0.3, 0.4) is 0 Å². The van der Waals surface area contributed by atoms with Crippen LogP contribution in [-0.2, 0) is 11.3 Å². The standard InChI is InChI=1S/C30H29N3OS/c1-5-32-29(34)28(35-30(32)31-24-15-13-20(2)14-16-24)18-26-22(4)33(27-12-7-6-11-25(26)27)19-23-10-8-9-21(3)17-23/h6-18H,5,19H2,1-4H3/b28-18+,31-30?. The number of hydrogen-bond acceptors (Lipinski definition) is 3. The van der Waals surface area contributed by atoms with E-state index in [0.29, 0.717) is 11.4 Å². The second-order valence-corrected chi connectivity index (χ2v) is 9.99. The first-order valence-electron chi connectivity index (χ1n) is 11.9. The molecule has 0 saturated carbocycles. The molecular weight excluding hydrogens is 450 g/mol. The summed E-state index contributed by atoms with van der Waals surface area (Å²) in [6, 6.07) is 25.1. The Morgan fingerprint density at radius 2 is 1.69 bits per heavy atom. The monoisotopic (exact) mass is 479 g/mol. The van der Waals surface area contributed by atoms with E-state index in [1.165, 1.54) is 34.0 Å². The van der Waals surface area contributed by atoms with Gasteiger partial charge in [0.25, 0.3) is 5.91 Å². The van der Waals surface area contributed by atoms with Gasteiger partial charge in [-0.05, 0) is 69.3 Å². The molecule has 0 atom stereocenters. The van der Waals surface area contributed by atoms with Gasteiger partial charge in [0.05, 0.1) is 10.6 Å². The number of hydrogen-bond donors (Lipinski definition) is 0. The fourth-order valence-electron chi connectivity index (χ4n) is 4.57. The summed E-state index contributed by atoms with van der Waals surface area (Å²) < 4.78 is 2.35. The van der Waals surface area contributed by atoms with Crippen LogP contribution in [-0.4, -0.2) is 27.1 Å². The highest BCUT2D eigenvalue weighted by Gasteiger charge is 2.32. The first-order chi connectivity index (χ1) is 16.9. The van der Waals surface area contributed by atoms with Gasteiger partial charge in [-0.1, -0.05) is 65.7 Å². The van der Waals surface area contributed by atoms with Gasteiger partial charge >= 0.3 is 0 Å². The first-order valence-corrected chi connectivity index (χ1v) is 12.8. The highest BCUT2D eigenvalue weighted by atomic mass is 32.2. The van der Waals surface area contributed by atoms with Crippen LogP contribution < -0.4 is 0 Å². The van der Waals surface area contributed by atoms with Gasteiger partial charge in [-0.25, -0.2) is 4.99 Å². The van der Waals surface area contributed by atoms with Crippen LogP contribution in [0.15, 0.2) is 82.7 Å². The lowest BCUT2D eigenvalue weighted by molar-refractivity contribution is -0.122. The van der Waals surface area contributed by atoms with Gasteiger partial charge in [0.15, 0.2) is 5.17 Å². The molecule has 5 rings (SSSR count). The zero-order chi connectivity index (χ0) is 24.5. The summed E-state index contributed by atoms with van der Waals surface area (Å²) in [5.74, 6) is 0.0123. The molecule has 1 amide bonds. The summed E-state index contributed by atoms with van der Waals surface area (Å²) in [6.07, 6.45) is 2.05. The van der Waals surface area contributed by atoms with E-state index in [0.717, 1.165) is 34.0 Å². The molecule has 3 aromatic carbocycles. The number of aromatic nitrogens is 1. The van der Waals surface area contributed by atoms with Gasteiger partial charge in [-0.15, -0.1) is 0 Å². The van der Waals surface area contributed by atoms with Crippen molar-refractivity contribution in [3.8, 4) is 0 Å². The lowest BCUT2D eigenvalue weighted by atomic mass is 10.1. The second kappa shape index (κ2) is 9.59. The molecule has 176 valence electrons. The number of thioether (sulfide) groups is 1. The Labute approximate surface area is 211 Å². The third-order valence-corrected chi connectivity index (χ3v) is 7.45. The highest BCUT2D eigenvalue weighted by molar-refractivity contribution is 8.18. The molecule has 1 saturated heterocycles. The number of carbonyl (C=O) groups excluding carboxylic acids is 1. The zero-order valence-electron chi connectivity index (χ0n) is 20.6. The number of aliphatic imine (C=N–C) groups is 1. The quantitative estimate of drug-likeness (QED) is 0.283. The van der Waals surface area contributed by atoms with Crippen molar-refractivity contribution in [2.45, 2.75) is 34.2 Å². The second-order valence-electron chi connectivity index (χ2n) is 8.98. The highest BCUT2D eigenvalue weighted by Crippen LogP contribution is 2.37. The molecule has 4 nitrogen and oxygen atoms in total. The number of amides is 1. The molecule has 2 heterocycles. The van der Waals surface area contributed by atoms with E-state index in [4.69, 9.17) is 4.99 Å². The SMILES string of the molecule is CCN1C(=O)/C(=C\c2c(C)n(Cc3cccc(C)c3)c3ccccc23)SC1=Nc1ccc(C)cc1. The average Bonchev–Trinajstić information content (AvgIpc) is 3.29. The van der Waals surface area contributed by atoms with Crippen molar-refractivity contribution in [1.29, 1.82) is 0 Å². The summed E-state index contributed by atoms with van der Waals surface area (Å²) in [5.41, 5.74) is 7.99. The van der Waals surface area contributed by atoms with Gasteiger partial charge in [-0.2, -0.15) is 0 Å². The largest absolute Gasteiger partial charge is 0.340 e. The van der Waals surface area contributed by atoms with Crippen molar-refractivity contribution < 1.29 is 4.79 Å².